The van der Waals surface area contributed by atoms with Crippen molar-refractivity contribution in [2.45, 2.75) is 26.7 Å². The molecule has 0 atom stereocenters. The van der Waals surface area contributed by atoms with Gasteiger partial charge in [0.05, 0.1) is 11.2 Å². The van der Waals surface area contributed by atoms with E-state index in [0.717, 1.165) is 35.9 Å². The van der Waals surface area contributed by atoms with Crippen LogP contribution in [0.25, 0.3) is 10.9 Å². The van der Waals surface area contributed by atoms with Crippen LogP contribution < -0.4 is 4.90 Å². The highest BCUT2D eigenvalue weighted by atomic mass is 79.9. The second-order valence-electron chi connectivity index (χ2n) is 4.49. The van der Waals surface area contributed by atoms with Gasteiger partial charge in [-0.05, 0) is 40.9 Å². The minimum absolute atomic E-state index is 1.03. The van der Waals surface area contributed by atoms with Crippen molar-refractivity contribution in [3.05, 3.63) is 34.9 Å². The fourth-order valence-electron chi connectivity index (χ4n) is 2.27. The second kappa shape index (κ2) is 6.19. The number of pyridine rings is 1. The zero-order chi connectivity index (χ0) is 13.0. The van der Waals surface area contributed by atoms with Crippen molar-refractivity contribution in [2.75, 3.05) is 18.0 Å². The Morgan fingerprint density at radius 1 is 1.17 bits per heavy atom. The average molecular weight is 307 g/mol. The van der Waals surface area contributed by atoms with Crippen molar-refractivity contribution in [3.63, 3.8) is 0 Å². The summed E-state index contributed by atoms with van der Waals surface area (Å²) in [4.78, 5) is 7.01. The summed E-state index contributed by atoms with van der Waals surface area (Å²) in [7, 11) is 0. The van der Waals surface area contributed by atoms with Gasteiger partial charge < -0.3 is 4.90 Å². The largest absolute Gasteiger partial charge is 0.370 e. The molecule has 1 aromatic carbocycles. The number of nitrogens with zero attached hydrogens (tertiary/aromatic N) is 2. The molecule has 0 radical (unpaired) electrons. The summed E-state index contributed by atoms with van der Waals surface area (Å²) in [5, 5.41) is 1.19. The summed E-state index contributed by atoms with van der Waals surface area (Å²) in [5.74, 6) is 0. The van der Waals surface area contributed by atoms with Gasteiger partial charge in [0.15, 0.2) is 0 Å². The van der Waals surface area contributed by atoms with E-state index in [4.69, 9.17) is 0 Å². The molecule has 1 aromatic heterocycles. The molecule has 18 heavy (non-hydrogen) atoms. The van der Waals surface area contributed by atoms with Gasteiger partial charge in [0.25, 0.3) is 0 Å². The molecule has 0 N–H and O–H groups in total. The first-order valence-electron chi connectivity index (χ1n) is 6.55. The normalized spacial score (nSPS) is 10.8. The minimum Gasteiger partial charge on any atom is -0.370 e. The summed E-state index contributed by atoms with van der Waals surface area (Å²) in [5.41, 5.74) is 2.35. The van der Waals surface area contributed by atoms with E-state index in [9.17, 15) is 0 Å². The van der Waals surface area contributed by atoms with Crippen LogP contribution in [0.15, 0.2) is 34.9 Å². The fraction of sp³-hybridized carbons (Fsp3) is 0.400. The highest BCUT2D eigenvalue weighted by molar-refractivity contribution is 9.10. The molecule has 0 saturated heterocycles. The molecule has 2 rings (SSSR count). The van der Waals surface area contributed by atoms with Crippen molar-refractivity contribution in [1.29, 1.82) is 0 Å². The first-order valence-corrected chi connectivity index (χ1v) is 7.34. The van der Waals surface area contributed by atoms with Crippen molar-refractivity contribution in [2.24, 2.45) is 0 Å². The van der Waals surface area contributed by atoms with Gasteiger partial charge >= 0.3 is 0 Å². The summed E-state index contributed by atoms with van der Waals surface area (Å²) in [6, 6.07) is 8.53. The molecule has 0 aliphatic rings. The topological polar surface area (TPSA) is 16.1 Å². The Balaban J connectivity index is 2.48. The predicted octanol–water partition coefficient (Wildman–Crippen LogP) is 4.62. The molecular formula is C15H19BrN2. The molecule has 0 aliphatic carbocycles. The predicted molar refractivity (Wildman–Crippen MR) is 82.2 cm³/mol. The van der Waals surface area contributed by atoms with E-state index in [1.54, 1.807) is 0 Å². The number of rotatable bonds is 5. The van der Waals surface area contributed by atoms with Crippen LogP contribution in [-0.2, 0) is 0 Å². The van der Waals surface area contributed by atoms with Gasteiger partial charge in [0.1, 0.15) is 0 Å². The number of para-hydroxylation sites is 1. The number of aromatic nitrogens is 1. The quantitative estimate of drug-likeness (QED) is 0.801. The number of anilines is 1. The van der Waals surface area contributed by atoms with Crippen LogP contribution in [0.2, 0.25) is 0 Å². The Morgan fingerprint density at radius 2 is 1.89 bits per heavy atom. The average Bonchev–Trinajstić information content (AvgIpc) is 2.37. The van der Waals surface area contributed by atoms with Gasteiger partial charge in [-0.2, -0.15) is 0 Å². The number of hydrogen-bond donors (Lipinski definition) is 0. The van der Waals surface area contributed by atoms with Crippen LogP contribution in [0, 0.1) is 0 Å². The molecule has 0 bridgehead atoms. The third kappa shape index (κ3) is 2.83. The Hall–Kier alpha value is -1.09. The lowest BCUT2D eigenvalue weighted by atomic mass is 10.1. The van der Waals surface area contributed by atoms with E-state index in [0.29, 0.717) is 0 Å². The first kappa shape index (κ1) is 13.3. The maximum Gasteiger partial charge on any atom is 0.0936 e. The summed E-state index contributed by atoms with van der Waals surface area (Å²) < 4.78 is 1.03. The lowest BCUT2D eigenvalue weighted by Crippen LogP contribution is -2.25. The van der Waals surface area contributed by atoms with Gasteiger partial charge in [0, 0.05) is 29.1 Å². The van der Waals surface area contributed by atoms with Crippen LogP contribution in [-0.4, -0.2) is 18.1 Å². The van der Waals surface area contributed by atoms with Crippen molar-refractivity contribution < 1.29 is 0 Å². The SMILES string of the molecule is CCCN(CCC)c1cccc2cc(Br)cnc12. The maximum atomic E-state index is 4.58. The Morgan fingerprint density at radius 3 is 2.56 bits per heavy atom. The van der Waals surface area contributed by atoms with E-state index in [1.807, 2.05) is 6.20 Å². The lowest BCUT2D eigenvalue weighted by molar-refractivity contribution is 0.747. The maximum absolute atomic E-state index is 4.58. The van der Waals surface area contributed by atoms with E-state index in [-0.39, 0.29) is 0 Å². The molecule has 2 aromatic rings. The Labute approximate surface area is 117 Å². The molecule has 0 saturated carbocycles. The third-order valence-electron chi connectivity index (χ3n) is 2.98. The summed E-state index contributed by atoms with van der Waals surface area (Å²) in [6.07, 6.45) is 4.20. The molecule has 96 valence electrons. The van der Waals surface area contributed by atoms with Crippen LogP contribution in [0.1, 0.15) is 26.7 Å². The van der Waals surface area contributed by atoms with Gasteiger partial charge in [-0.1, -0.05) is 26.0 Å². The van der Waals surface area contributed by atoms with Crippen LogP contribution in [0.3, 0.4) is 0 Å². The minimum atomic E-state index is 1.03. The van der Waals surface area contributed by atoms with E-state index in [1.165, 1.54) is 11.1 Å². The standard InChI is InChI=1S/C15H19BrN2/c1-3-8-18(9-4-2)14-7-5-6-12-10-13(16)11-17-15(12)14/h5-7,10-11H,3-4,8-9H2,1-2H3. The third-order valence-corrected chi connectivity index (χ3v) is 3.42. The van der Waals surface area contributed by atoms with Crippen molar-refractivity contribution in [1.82, 2.24) is 4.98 Å². The van der Waals surface area contributed by atoms with Crippen LogP contribution in [0.5, 0.6) is 0 Å². The zero-order valence-electron chi connectivity index (χ0n) is 11.0. The highest BCUT2D eigenvalue weighted by Gasteiger charge is 2.09. The lowest BCUT2D eigenvalue weighted by Gasteiger charge is -2.24. The van der Waals surface area contributed by atoms with Gasteiger partial charge in [-0.15, -0.1) is 0 Å². The molecule has 0 fully saturated rings. The van der Waals surface area contributed by atoms with Crippen molar-refractivity contribution >= 4 is 32.5 Å². The molecule has 0 unspecified atom stereocenters. The number of hydrogen-bond acceptors (Lipinski definition) is 2. The number of halogens is 1. The smallest absolute Gasteiger partial charge is 0.0936 e. The van der Waals surface area contributed by atoms with E-state index < -0.39 is 0 Å². The number of benzene rings is 1. The Bertz CT molecular complexity index is 519. The molecule has 2 nitrogen and oxygen atoms in total. The molecule has 0 amide bonds. The first-order chi connectivity index (χ1) is 8.76. The highest BCUT2D eigenvalue weighted by Crippen LogP contribution is 2.27. The van der Waals surface area contributed by atoms with Crippen molar-refractivity contribution in [3.8, 4) is 0 Å². The monoisotopic (exact) mass is 306 g/mol. The zero-order valence-corrected chi connectivity index (χ0v) is 12.6. The summed E-state index contributed by atoms with van der Waals surface area (Å²) in [6.45, 7) is 6.62. The van der Waals surface area contributed by atoms with Crippen LogP contribution >= 0.6 is 15.9 Å². The van der Waals surface area contributed by atoms with E-state index in [2.05, 4.69) is 63.9 Å². The van der Waals surface area contributed by atoms with Gasteiger partial charge in [-0.3, -0.25) is 4.98 Å². The molecule has 0 spiro atoms. The summed E-state index contributed by atoms with van der Waals surface area (Å²) >= 11 is 3.48. The molecular weight excluding hydrogens is 288 g/mol. The molecule has 0 aliphatic heterocycles. The molecule has 1 heterocycles. The van der Waals surface area contributed by atoms with E-state index >= 15 is 0 Å². The Kier molecular flexibility index (Phi) is 4.59. The van der Waals surface area contributed by atoms with Crippen LogP contribution in [0.4, 0.5) is 5.69 Å². The fourth-order valence-corrected chi connectivity index (χ4v) is 2.61. The number of fused-ring (bicyclic) bond motifs is 1. The molecule has 3 heteroatoms. The van der Waals surface area contributed by atoms with Gasteiger partial charge in [0.2, 0.25) is 0 Å². The second-order valence-corrected chi connectivity index (χ2v) is 5.41. The van der Waals surface area contributed by atoms with Gasteiger partial charge in [-0.25, -0.2) is 0 Å².